The highest BCUT2D eigenvalue weighted by Crippen LogP contribution is 2.19. The van der Waals surface area contributed by atoms with Crippen molar-refractivity contribution in [3.05, 3.63) is 42.5 Å². The van der Waals surface area contributed by atoms with Gasteiger partial charge in [-0.05, 0) is 31.9 Å². The molecule has 0 aromatic heterocycles. The molecule has 122 valence electrons. The molecule has 1 N–H and O–H groups in total. The molecule has 0 radical (unpaired) electrons. The monoisotopic (exact) mass is 305 g/mol. The molecule has 1 fully saturated rings. The first-order chi connectivity index (χ1) is 10.6. The molecule has 0 spiro atoms. The molecule has 22 heavy (non-hydrogen) atoms. The summed E-state index contributed by atoms with van der Waals surface area (Å²) in [6.07, 6.45) is 2.55. The van der Waals surface area contributed by atoms with Crippen molar-refractivity contribution in [2.24, 2.45) is 0 Å². The maximum absolute atomic E-state index is 10.2. The van der Waals surface area contributed by atoms with Crippen molar-refractivity contribution in [1.29, 1.82) is 0 Å². The summed E-state index contributed by atoms with van der Waals surface area (Å²) in [4.78, 5) is 2.24. The molecule has 1 aliphatic heterocycles. The van der Waals surface area contributed by atoms with Gasteiger partial charge in [0.15, 0.2) is 0 Å². The van der Waals surface area contributed by atoms with Gasteiger partial charge < -0.3 is 14.6 Å². The van der Waals surface area contributed by atoms with Crippen molar-refractivity contribution in [2.75, 3.05) is 26.2 Å². The number of rotatable bonds is 7. The average Bonchev–Trinajstić information content (AvgIpc) is 2.45. The number of ether oxygens (including phenoxy) is 2. The number of β-amino-alcohol motifs (C(OH)–C–C–N with tert-alkyl or cyclic N) is 1. The van der Waals surface area contributed by atoms with Crippen LogP contribution in [0.3, 0.4) is 0 Å². The van der Waals surface area contributed by atoms with Gasteiger partial charge in [0.25, 0.3) is 0 Å². The van der Waals surface area contributed by atoms with Crippen molar-refractivity contribution in [3.63, 3.8) is 0 Å². The van der Waals surface area contributed by atoms with Crippen LogP contribution in [0.15, 0.2) is 36.9 Å². The van der Waals surface area contributed by atoms with E-state index >= 15 is 0 Å². The lowest BCUT2D eigenvalue weighted by Crippen LogP contribution is -2.48. The first-order valence-corrected chi connectivity index (χ1v) is 7.96. The first-order valence-electron chi connectivity index (χ1n) is 7.96. The summed E-state index contributed by atoms with van der Waals surface area (Å²) in [5.41, 5.74) is 1.10. The van der Waals surface area contributed by atoms with Gasteiger partial charge in [0.1, 0.15) is 18.5 Å². The number of morpholine rings is 1. The Hall–Kier alpha value is -1.36. The quantitative estimate of drug-likeness (QED) is 0.785. The van der Waals surface area contributed by atoms with Crippen molar-refractivity contribution >= 4 is 0 Å². The van der Waals surface area contributed by atoms with E-state index in [0.717, 1.165) is 30.8 Å². The molecule has 0 bridgehead atoms. The molecular formula is C18H27NO3. The van der Waals surface area contributed by atoms with Crippen molar-refractivity contribution < 1.29 is 14.6 Å². The smallest absolute Gasteiger partial charge is 0.122 e. The second kappa shape index (κ2) is 8.32. The Labute approximate surface area is 133 Å². The van der Waals surface area contributed by atoms with E-state index in [2.05, 4.69) is 25.3 Å². The maximum Gasteiger partial charge on any atom is 0.122 e. The van der Waals surface area contributed by atoms with Crippen LogP contribution in [-0.4, -0.2) is 54.6 Å². The van der Waals surface area contributed by atoms with Gasteiger partial charge >= 0.3 is 0 Å². The Morgan fingerprint density at radius 3 is 2.73 bits per heavy atom. The van der Waals surface area contributed by atoms with Crippen molar-refractivity contribution in [3.8, 4) is 5.75 Å². The van der Waals surface area contributed by atoms with Crippen molar-refractivity contribution in [1.82, 2.24) is 4.90 Å². The van der Waals surface area contributed by atoms with E-state index < -0.39 is 6.10 Å². The van der Waals surface area contributed by atoms with E-state index in [-0.39, 0.29) is 12.2 Å². The largest absolute Gasteiger partial charge is 0.491 e. The SMILES string of the molecule is C=CCc1ccccc1OC[C@@H](O)CN1C[C@@H](C)O[C@@H](C)C1. The van der Waals surface area contributed by atoms with Gasteiger partial charge in [-0.2, -0.15) is 0 Å². The summed E-state index contributed by atoms with van der Waals surface area (Å²) >= 11 is 0. The van der Waals surface area contributed by atoms with Gasteiger partial charge in [-0.1, -0.05) is 24.3 Å². The highest BCUT2D eigenvalue weighted by atomic mass is 16.5. The molecule has 1 aliphatic rings. The lowest BCUT2D eigenvalue weighted by Gasteiger charge is -2.36. The van der Waals surface area contributed by atoms with Crippen LogP contribution in [0.5, 0.6) is 5.75 Å². The highest BCUT2D eigenvalue weighted by Gasteiger charge is 2.24. The minimum absolute atomic E-state index is 0.213. The van der Waals surface area contributed by atoms with Gasteiger partial charge in [0.05, 0.1) is 12.2 Å². The van der Waals surface area contributed by atoms with Crippen LogP contribution in [0.25, 0.3) is 0 Å². The molecule has 0 saturated carbocycles. The molecule has 2 rings (SSSR count). The molecular weight excluding hydrogens is 278 g/mol. The summed E-state index contributed by atoms with van der Waals surface area (Å²) in [6, 6.07) is 7.89. The lowest BCUT2D eigenvalue weighted by molar-refractivity contribution is -0.0786. The van der Waals surface area contributed by atoms with Gasteiger partial charge in [0.2, 0.25) is 0 Å². The topological polar surface area (TPSA) is 41.9 Å². The Kier molecular flexibility index (Phi) is 6.43. The molecule has 1 aromatic carbocycles. The molecule has 4 nitrogen and oxygen atoms in total. The predicted molar refractivity (Wildman–Crippen MR) is 88.3 cm³/mol. The standard InChI is InChI=1S/C18H27NO3/c1-4-7-16-8-5-6-9-18(16)21-13-17(20)12-19-10-14(2)22-15(3)11-19/h4-6,8-9,14-15,17,20H,1,7,10-13H2,2-3H3/t14-,15+,17-/m0/s1. The van der Waals surface area contributed by atoms with E-state index in [9.17, 15) is 5.11 Å². The number of aliphatic hydroxyl groups excluding tert-OH is 1. The Bertz CT molecular complexity index is 467. The van der Waals surface area contributed by atoms with E-state index in [4.69, 9.17) is 9.47 Å². The Balaban J connectivity index is 1.82. The minimum Gasteiger partial charge on any atom is -0.491 e. The summed E-state index contributed by atoms with van der Waals surface area (Å²) < 4.78 is 11.5. The zero-order valence-corrected chi connectivity index (χ0v) is 13.6. The number of hydrogen-bond donors (Lipinski definition) is 1. The third-order valence-corrected chi connectivity index (χ3v) is 3.73. The number of para-hydroxylation sites is 1. The number of allylic oxidation sites excluding steroid dienone is 1. The number of benzene rings is 1. The normalized spacial score (nSPS) is 24.0. The molecule has 4 heteroatoms. The predicted octanol–water partition coefficient (Wildman–Crippen LogP) is 2.26. The van der Waals surface area contributed by atoms with Crippen LogP contribution in [0, 0.1) is 0 Å². The van der Waals surface area contributed by atoms with Crippen LogP contribution >= 0.6 is 0 Å². The van der Waals surface area contributed by atoms with E-state index in [0.29, 0.717) is 13.2 Å². The summed E-state index contributed by atoms with van der Waals surface area (Å²) in [5, 5.41) is 10.2. The minimum atomic E-state index is -0.505. The van der Waals surface area contributed by atoms with Gasteiger partial charge in [-0.15, -0.1) is 6.58 Å². The second-order valence-corrected chi connectivity index (χ2v) is 6.04. The van der Waals surface area contributed by atoms with E-state index in [1.165, 1.54) is 0 Å². The highest BCUT2D eigenvalue weighted by molar-refractivity contribution is 5.34. The number of nitrogens with zero attached hydrogens (tertiary/aromatic N) is 1. The first kappa shape index (κ1) is 17.0. The Morgan fingerprint density at radius 2 is 2.05 bits per heavy atom. The van der Waals surface area contributed by atoms with E-state index in [1.54, 1.807) is 0 Å². The summed E-state index contributed by atoms with van der Waals surface area (Å²) in [5.74, 6) is 0.824. The molecule has 0 unspecified atom stereocenters. The van der Waals surface area contributed by atoms with Crippen LogP contribution in [-0.2, 0) is 11.2 Å². The lowest BCUT2D eigenvalue weighted by atomic mass is 10.1. The number of hydrogen-bond acceptors (Lipinski definition) is 4. The molecule has 3 atom stereocenters. The van der Waals surface area contributed by atoms with E-state index in [1.807, 2.05) is 30.3 Å². The summed E-state index contributed by atoms with van der Waals surface area (Å²) in [6.45, 7) is 10.5. The fraction of sp³-hybridized carbons (Fsp3) is 0.556. The fourth-order valence-corrected chi connectivity index (χ4v) is 2.94. The maximum atomic E-state index is 10.2. The van der Waals surface area contributed by atoms with Crippen LogP contribution in [0.2, 0.25) is 0 Å². The molecule has 1 saturated heterocycles. The zero-order valence-electron chi connectivity index (χ0n) is 13.6. The Morgan fingerprint density at radius 1 is 1.36 bits per heavy atom. The van der Waals surface area contributed by atoms with Crippen molar-refractivity contribution in [2.45, 2.75) is 38.6 Å². The average molecular weight is 305 g/mol. The number of aliphatic hydroxyl groups is 1. The van der Waals surface area contributed by atoms with Gasteiger partial charge in [-0.25, -0.2) is 0 Å². The van der Waals surface area contributed by atoms with Crippen LogP contribution in [0.1, 0.15) is 19.4 Å². The van der Waals surface area contributed by atoms with Crippen LogP contribution < -0.4 is 4.74 Å². The molecule has 0 amide bonds. The molecule has 1 aromatic rings. The third-order valence-electron chi connectivity index (χ3n) is 3.73. The molecule has 1 heterocycles. The fourth-order valence-electron chi connectivity index (χ4n) is 2.94. The third kappa shape index (κ3) is 5.13. The second-order valence-electron chi connectivity index (χ2n) is 6.04. The van der Waals surface area contributed by atoms with Gasteiger partial charge in [0, 0.05) is 19.6 Å². The van der Waals surface area contributed by atoms with Crippen LogP contribution in [0.4, 0.5) is 0 Å². The zero-order chi connectivity index (χ0) is 15.9. The van der Waals surface area contributed by atoms with Gasteiger partial charge in [-0.3, -0.25) is 4.90 Å². The molecule has 0 aliphatic carbocycles. The summed E-state index contributed by atoms with van der Waals surface area (Å²) in [7, 11) is 0.